The van der Waals surface area contributed by atoms with Crippen molar-refractivity contribution in [2.45, 2.75) is 18.0 Å². The van der Waals surface area contributed by atoms with Crippen molar-refractivity contribution in [3.05, 3.63) is 58.6 Å². The maximum absolute atomic E-state index is 11.3. The Morgan fingerprint density at radius 1 is 1.29 bits per heavy atom. The summed E-state index contributed by atoms with van der Waals surface area (Å²) in [5.74, 6) is 0. The Balaban J connectivity index is 1.80. The molecule has 4 N–H and O–H groups in total. The van der Waals surface area contributed by atoms with Gasteiger partial charge in [0.25, 0.3) is 5.69 Å². The van der Waals surface area contributed by atoms with Gasteiger partial charge in [-0.05, 0) is 37.3 Å². The lowest BCUT2D eigenvalue weighted by Gasteiger charge is -2.19. The van der Waals surface area contributed by atoms with Crippen LogP contribution >= 0.6 is 0 Å². The quantitative estimate of drug-likeness (QED) is 0.498. The van der Waals surface area contributed by atoms with Gasteiger partial charge in [0.15, 0.2) is 6.23 Å². The van der Waals surface area contributed by atoms with Crippen LogP contribution in [0.3, 0.4) is 0 Å². The number of hydrogen-bond donors (Lipinski definition) is 3. The lowest BCUT2D eigenvalue weighted by molar-refractivity contribution is -0.384. The minimum absolute atomic E-state index is 0.0631. The Labute approximate surface area is 160 Å². The molecule has 0 aliphatic carbocycles. The second kappa shape index (κ2) is 7.34. The fourth-order valence-electron chi connectivity index (χ4n) is 2.51. The molecule has 146 valence electrons. The molecule has 2 aromatic rings. The number of nitro benzene ring substituents is 1. The largest absolute Gasteiger partial charge is 0.366 e. The van der Waals surface area contributed by atoms with Crippen molar-refractivity contribution < 1.29 is 18.4 Å². The minimum Gasteiger partial charge on any atom is -0.366 e. The van der Waals surface area contributed by atoms with Crippen molar-refractivity contribution in [2.24, 2.45) is 15.3 Å². The SMILES string of the molecule is CC1=NN(c2ccc(S(N)(=O)=O)cc2)C(O)/C1=N\Nc1cccc([N+](=O)[O-])c1. The summed E-state index contributed by atoms with van der Waals surface area (Å²) in [4.78, 5) is 10.2. The van der Waals surface area contributed by atoms with Gasteiger partial charge < -0.3 is 5.11 Å². The summed E-state index contributed by atoms with van der Waals surface area (Å²) in [7, 11) is -3.83. The summed E-state index contributed by atoms with van der Waals surface area (Å²) in [5.41, 5.74) is 4.00. The number of primary sulfonamides is 1. The highest BCUT2D eigenvalue weighted by atomic mass is 32.2. The van der Waals surface area contributed by atoms with Crippen LogP contribution in [0.5, 0.6) is 0 Å². The van der Waals surface area contributed by atoms with E-state index >= 15 is 0 Å². The molecule has 28 heavy (non-hydrogen) atoms. The third-order valence-corrected chi connectivity index (χ3v) is 4.83. The molecule has 0 saturated heterocycles. The number of nitrogens with zero attached hydrogens (tertiary/aromatic N) is 4. The molecule has 0 amide bonds. The number of aliphatic hydroxyl groups excluding tert-OH is 1. The zero-order chi connectivity index (χ0) is 20.5. The van der Waals surface area contributed by atoms with E-state index in [-0.39, 0.29) is 16.3 Å². The topological polar surface area (TPSA) is 164 Å². The van der Waals surface area contributed by atoms with Gasteiger partial charge in [0.2, 0.25) is 10.0 Å². The normalized spacial score (nSPS) is 18.2. The van der Waals surface area contributed by atoms with Gasteiger partial charge in [-0.25, -0.2) is 18.6 Å². The van der Waals surface area contributed by atoms with E-state index in [0.717, 1.165) is 0 Å². The van der Waals surface area contributed by atoms with Crippen LogP contribution in [0.1, 0.15) is 6.92 Å². The number of sulfonamides is 1. The van der Waals surface area contributed by atoms with Crippen molar-refractivity contribution in [2.75, 3.05) is 10.4 Å². The highest BCUT2D eigenvalue weighted by Gasteiger charge is 2.31. The molecule has 0 fully saturated rings. The third-order valence-electron chi connectivity index (χ3n) is 3.90. The smallest absolute Gasteiger partial charge is 0.271 e. The van der Waals surface area contributed by atoms with Crippen LogP contribution in [-0.2, 0) is 10.0 Å². The first-order valence-corrected chi connectivity index (χ1v) is 9.45. The van der Waals surface area contributed by atoms with Gasteiger partial charge in [-0.2, -0.15) is 10.2 Å². The van der Waals surface area contributed by atoms with E-state index in [9.17, 15) is 23.6 Å². The highest BCUT2D eigenvalue weighted by molar-refractivity contribution is 7.89. The Morgan fingerprint density at radius 3 is 2.57 bits per heavy atom. The first-order chi connectivity index (χ1) is 13.2. The Hall–Kier alpha value is -3.35. The molecule has 1 unspecified atom stereocenters. The summed E-state index contributed by atoms with van der Waals surface area (Å²) in [6.07, 6.45) is -1.23. The fraction of sp³-hybridized carbons (Fsp3) is 0.125. The van der Waals surface area contributed by atoms with E-state index in [0.29, 0.717) is 17.1 Å². The molecule has 0 saturated carbocycles. The molecule has 1 atom stereocenters. The lowest BCUT2D eigenvalue weighted by atomic mass is 10.2. The molecule has 0 bridgehead atoms. The molecule has 1 heterocycles. The number of anilines is 2. The fourth-order valence-corrected chi connectivity index (χ4v) is 3.03. The van der Waals surface area contributed by atoms with Crippen LogP contribution in [0.4, 0.5) is 17.1 Å². The van der Waals surface area contributed by atoms with Gasteiger partial charge in [-0.3, -0.25) is 15.5 Å². The van der Waals surface area contributed by atoms with E-state index in [1.54, 1.807) is 13.0 Å². The number of aliphatic hydroxyl groups is 1. The summed E-state index contributed by atoms with van der Waals surface area (Å²) < 4.78 is 22.7. The van der Waals surface area contributed by atoms with Crippen molar-refractivity contribution in [1.29, 1.82) is 0 Å². The number of nitrogens with two attached hydrogens (primary N) is 1. The van der Waals surface area contributed by atoms with E-state index in [1.165, 1.54) is 47.5 Å². The Bertz CT molecular complexity index is 1080. The second-order valence-corrected chi connectivity index (χ2v) is 7.42. The van der Waals surface area contributed by atoms with E-state index < -0.39 is 21.2 Å². The summed E-state index contributed by atoms with van der Waals surface area (Å²) in [5, 5.41) is 36.0. The predicted molar refractivity (Wildman–Crippen MR) is 104 cm³/mol. The maximum Gasteiger partial charge on any atom is 0.271 e. The number of benzene rings is 2. The van der Waals surface area contributed by atoms with E-state index in [4.69, 9.17) is 5.14 Å². The van der Waals surface area contributed by atoms with Gasteiger partial charge >= 0.3 is 0 Å². The van der Waals surface area contributed by atoms with Crippen molar-refractivity contribution in [3.63, 3.8) is 0 Å². The van der Waals surface area contributed by atoms with Gasteiger partial charge in [-0.15, -0.1) is 0 Å². The number of nitro groups is 1. The Morgan fingerprint density at radius 2 is 1.96 bits per heavy atom. The average Bonchev–Trinajstić information content (AvgIpc) is 2.93. The minimum atomic E-state index is -3.83. The molecule has 0 radical (unpaired) electrons. The van der Waals surface area contributed by atoms with Crippen molar-refractivity contribution in [3.8, 4) is 0 Å². The van der Waals surface area contributed by atoms with Gasteiger partial charge in [0, 0.05) is 12.1 Å². The van der Waals surface area contributed by atoms with E-state index in [1.807, 2.05) is 0 Å². The van der Waals surface area contributed by atoms with Crippen LogP contribution in [0, 0.1) is 10.1 Å². The molecule has 0 spiro atoms. The lowest BCUT2D eigenvalue weighted by Crippen LogP contribution is -2.33. The molecule has 2 aromatic carbocycles. The number of non-ortho nitro benzene ring substituents is 1. The molecule has 1 aliphatic heterocycles. The molecule has 1 aliphatic rings. The standard InChI is InChI=1S/C16H16N6O5S/c1-10-15(19-18-11-3-2-4-13(9-11)22(24)25)16(23)21(20-10)12-5-7-14(8-6-12)28(17,26)27/h2-9,16,18,23H,1H3,(H2,17,26,27)/b19-15-. The van der Waals surface area contributed by atoms with Gasteiger partial charge in [0.05, 0.1) is 26.9 Å². The van der Waals surface area contributed by atoms with Crippen LogP contribution in [0.25, 0.3) is 0 Å². The molecule has 3 rings (SSSR count). The van der Waals surface area contributed by atoms with Crippen molar-refractivity contribution >= 4 is 38.5 Å². The molecular formula is C16H16N6O5S. The summed E-state index contributed by atoms with van der Waals surface area (Å²) >= 11 is 0. The van der Waals surface area contributed by atoms with Crippen LogP contribution in [0.2, 0.25) is 0 Å². The maximum atomic E-state index is 11.3. The number of hydrogen-bond acceptors (Lipinski definition) is 9. The average molecular weight is 404 g/mol. The summed E-state index contributed by atoms with van der Waals surface area (Å²) in [6.45, 7) is 1.63. The molecular weight excluding hydrogens is 388 g/mol. The number of nitrogens with one attached hydrogen (secondary N) is 1. The number of rotatable bonds is 5. The second-order valence-electron chi connectivity index (χ2n) is 5.86. The van der Waals surface area contributed by atoms with Gasteiger partial charge in [-0.1, -0.05) is 6.07 Å². The third kappa shape index (κ3) is 3.98. The van der Waals surface area contributed by atoms with Crippen molar-refractivity contribution in [1.82, 2.24) is 0 Å². The summed E-state index contributed by atoms with van der Waals surface area (Å²) in [6, 6.07) is 11.3. The van der Waals surface area contributed by atoms with Crippen LogP contribution < -0.4 is 15.6 Å². The number of hydrazone groups is 2. The van der Waals surface area contributed by atoms with Gasteiger partial charge in [0.1, 0.15) is 5.71 Å². The monoisotopic (exact) mass is 404 g/mol. The molecule has 12 heteroatoms. The molecule has 0 aromatic heterocycles. The van der Waals surface area contributed by atoms with E-state index in [2.05, 4.69) is 15.6 Å². The zero-order valence-electron chi connectivity index (χ0n) is 14.6. The van der Waals surface area contributed by atoms with Crippen LogP contribution in [0.15, 0.2) is 63.6 Å². The first kappa shape index (κ1) is 19.4. The molecule has 11 nitrogen and oxygen atoms in total. The highest BCUT2D eigenvalue weighted by Crippen LogP contribution is 2.24. The Kier molecular flexibility index (Phi) is 5.09. The predicted octanol–water partition coefficient (Wildman–Crippen LogP) is 1.22. The van der Waals surface area contributed by atoms with Crippen LogP contribution in [-0.4, -0.2) is 36.1 Å². The zero-order valence-corrected chi connectivity index (χ0v) is 15.4. The first-order valence-electron chi connectivity index (χ1n) is 7.90.